The fourth-order valence-corrected chi connectivity index (χ4v) is 4.37. The molecule has 1 aromatic rings. The molecule has 10 heteroatoms. The second-order valence-corrected chi connectivity index (χ2v) is 8.51. The summed E-state index contributed by atoms with van der Waals surface area (Å²) in [5, 5.41) is 3.21. The van der Waals surface area contributed by atoms with E-state index in [-0.39, 0.29) is 12.2 Å². The lowest BCUT2D eigenvalue weighted by molar-refractivity contribution is 0.121. The van der Waals surface area contributed by atoms with Crippen molar-refractivity contribution in [2.45, 2.75) is 25.4 Å². The number of nitrogens with zero attached hydrogens (tertiary/aromatic N) is 3. The molecule has 1 atom stereocenters. The van der Waals surface area contributed by atoms with Crippen LogP contribution in [0.5, 0.6) is 0 Å². The Morgan fingerprint density at radius 3 is 2.65 bits per heavy atom. The average Bonchev–Trinajstić information content (AvgIpc) is 3.11. The molecule has 2 saturated heterocycles. The zero-order chi connectivity index (χ0) is 22.0. The zero-order valence-corrected chi connectivity index (χ0v) is 18.3. The maximum absolute atomic E-state index is 14.9. The smallest absolute Gasteiger partial charge is 0.414 e. The molecule has 2 amide bonds. The molecule has 4 rings (SSSR count). The number of amides is 2. The number of methoxy groups -OCH3 is 1. The maximum atomic E-state index is 14.9. The third-order valence-corrected chi connectivity index (χ3v) is 6.63. The quantitative estimate of drug-likeness (QED) is 0.692. The van der Waals surface area contributed by atoms with Crippen LogP contribution in [-0.2, 0) is 9.47 Å². The Morgan fingerprint density at radius 2 is 2.03 bits per heavy atom. The van der Waals surface area contributed by atoms with Crippen LogP contribution in [0.3, 0.4) is 0 Å². The van der Waals surface area contributed by atoms with Gasteiger partial charge < -0.3 is 24.6 Å². The van der Waals surface area contributed by atoms with E-state index in [0.29, 0.717) is 56.6 Å². The molecule has 168 valence electrons. The number of nitrogens with one attached hydrogen (secondary N) is 1. The number of benzene rings is 1. The van der Waals surface area contributed by atoms with Crippen molar-refractivity contribution in [1.29, 1.82) is 0 Å². The van der Waals surface area contributed by atoms with Crippen molar-refractivity contribution in [3.8, 4) is 0 Å². The van der Waals surface area contributed by atoms with Crippen molar-refractivity contribution in [1.82, 2.24) is 10.2 Å². The number of carbonyl (C=O) groups excluding carboxylic acids is 2. The summed E-state index contributed by atoms with van der Waals surface area (Å²) >= 11 is 5.39. The number of cyclic esters (lactones) is 1. The summed E-state index contributed by atoms with van der Waals surface area (Å²) in [6.07, 6.45) is 2.25. The zero-order valence-electron chi connectivity index (χ0n) is 17.5. The van der Waals surface area contributed by atoms with Gasteiger partial charge in [0.15, 0.2) is 0 Å². The molecule has 1 aromatic carbocycles. The van der Waals surface area contributed by atoms with Gasteiger partial charge in [0.25, 0.3) is 0 Å². The van der Waals surface area contributed by atoms with Crippen molar-refractivity contribution < 1.29 is 23.5 Å². The predicted molar refractivity (Wildman–Crippen MR) is 118 cm³/mol. The van der Waals surface area contributed by atoms with E-state index in [1.165, 1.54) is 24.5 Å². The van der Waals surface area contributed by atoms with E-state index in [2.05, 4.69) is 5.32 Å². The first kappa shape index (κ1) is 21.6. The van der Waals surface area contributed by atoms with Crippen LogP contribution in [0, 0.1) is 11.7 Å². The van der Waals surface area contributed by atoms with Crippen molar-refractivity contribution in [3.63, 3.8) is 0 Å². The van der Waals surface area contributed by atoms with Crippen LogP contribution in [-0.4, -0.2) is 74.6 Å². The highest BCUT2D eigenvalue weighted by Gasteiger charge is 2.34. The Morgan fingerprint density at radius 1 is 1.29 bits per heavy atom. The van der Waals surface area contributed by atoms with Crippen LogP contribution in [0.2, 0.25) is 0 Å². The normalized spacial score (nSPS) is 21.5. The molecular weight excluding hydrogens is 423 g/mol. The summed E-state index contributed by atoms with van der Waals surface area (Å²) < 4.78 is 25.0. The largest absolute Gasteiger partial charge is 0.453 e. The fraction of sp³-hybridized carbons (Fsp3) is 0.571. The summed E-state index contributed by atoms with van der Waals surface area (Å²) in [6, 6.07) is 4.75. The molecule has 0 aromatic heterocycles. The Kier molecular flexibility index (Phi) is 6.45. The summed E-state index contributed by atoms with van der Waals surface area (Å²) in [5.41, 5.74) is 0.911. The molecule has 0 unspecified atom stereocenters. The lowest BCUT2D eigenvalue weighted by Gasteiger charge is -2.35. The van der Waals surface area contributed by atoms with E-state index < -0.39 is 11.9 Å². The lowest BCUT2D eigenvalue weighted by Crippen LogP contribution is -2.49. The maximum Gasteiger partial charge on any atom is 0.414 e. The lowest BCUT2D eigenvalue weighted by atomic mass is 9.85. The number of rotatable bonds is 5. The van der Waals surface area contributed by atoms with Gasteiger partial charge in [0.1, 0.15) is 11.9 Å². The Balaban J connectivity index is 1.34. The fourth-order valence-electron chi connectivity index (χ4n) is 4.05. The van der Waals surface area contributed by atoms with Crippen molar-refractivity contribution in [2.75, 3.05) is 56.2 Å². The van der Waals surface area contributed by atoms with E-state index in [4.69, 9.17) is 21.7 Å². The van der Waals surface area contributed by atoms with Crippen molar-refractivity contribution >= 4 is 40.8 Å². The number of carbonyl (C=O) groups is 2. The van der Waals surface area contributed by atoms with E-state index in [9.17, 15) is 14.0 Å². The van der Waals surface area contributed by atoms with Gasteiger partial charge in [-0.05, 0) is 31.0 Å². The summed E-state index contributed by atoms with van der Waals surface area (Å²) in [7, 11) is 1.35. The van der Waals surface area contributed by atoms with E-state index >= 15 is 0 Å². The number of ether oxygens (including phenoxy) is 2. The third-order valence-electron chi connectivity index (χ3n) is 6.15. The van der Waals surface area contributed by atoms with Crippen LogP contribution >= 0.6 is 12.2 Å². The predicted octanol–water partition coefficient (Wildman–Crippen LogP) is 2.76. The molecule has 8 nitrogen and oxygen atoms in total. The monoisotopic (exact) mass is 450 g/mol. The second kappa shape index (κ2) is 9.25. The number of hydrogen-bond acceptors (Lipinski definition) is 6. The summed E-state index contributed by atoms with van der Waals surface area (Å²) in [5.74, 6) is 0.0314. The molecule has 3 fully saturated rings. The molecule has 1 saturated carbocycles. The standard InChI is InChI=1S/C21H27FN4O4S/c1-29-20(27)25-9-7-24(8-10-25)18-6-5-15(11-17(18)22)26-13-16(30-21(26)28)12-23-19(31)14-3-2-4-14/h5-6,11,14,16H,2-4,7-10,12-13H2,1H3,(H,23,31)/t16-/m0/s1. The molecule has 1 aliphatic carbocycles. The molecule has 0 radical (unpaired) electrons. The van der Waals surface area contributed by atoms with Gasteiger partial charge in [0, 0.05) is 32.1 Å². The van der Waals surface area contributed by atoms with Crippen LogP contribution in [0.4, 0.5) is 25.4 Å². The average molecular weight is 451 g/mol. The highest BCUT2D eigenvalue weighted by atomic mass is 32.1. The molecular formula is C21H27FN4O4S. The van der Waals surface area contributed by atoms with Gasteiger partial charge in [0.2, 0.25) is 0 Å². The van der Waals surface area contributed by atoms with Crippen LogP contribution in [0.1, 0.15) is 19.3 Å². The summed E-state index contributed by atoms with van der Waals surface area (Å²) in [6.45, 7) is 2.74. The first-order valence-corrected chi connectivity index (χ1v) is 11.0. The van der Waals surface area contributed by atoms with Gasteiger partial charge in [0.05, 0.1) is 36.6 Å². The first-order valence-electron chi connectivity index (χ1n) is 10.6. The molecule has 0 spiro atoms. The van der Waals surface area contributed by atoms with Gasteiger partial charge in [-0.1, -0.05) is 18.6 Å². The summed E-state index contributed by atoms with van der Waals surface area (Å²) in [4.78, 5) is 29.7. The number of halogens is 1. The van der Waals surface area contributed by atoms with Crippen molar-refractivity contribution in [2.24, 2.45) is 5.92 Å². The Labute approximate surface area is 186 Å². The molecule has 1 N–H and O–H groups in total. The Bertz CT molecular complexity index is 858. The molecule has 31 heavy (non-hydrogen) atoms. The third kappa shape index (κ3) is 4.68. The number of anilines is 2. The number of piperazine rings is 1. The van der Waals surface area contributed by atoms with E-state index in [1.54, 1.807) is 17.0 Å². The second-order valence-electron chi connectivity index (χ2n) is 8.07. The topological polar surface area (TPSA) is 74.3 Å². The Hall–Kier alpha value is -2.62. The molecule has 3 aliphatic rings. The SMILES string of the molecule is COC(=O)N1CCN(c2ccc(N3C[C@H](CNC(=S)C4CCC4)OC3=O)cc2F)CC1. The molecule has 0 bridgehead atoms. The van der Waals surface area contributed by atoms with Crippen LogP contribution in [0.25, 0.3) is 0 Å². The minimum Gasteiger partial charge on any atom is -0.453 e. The van der Waals surface area contributed by atoms with Crippen LogP contribution in [0.15, 0.2) is 18.2 Å². The molecule has 2 aliphatic heterocycles. The highest BCUT2D eigenvalue weighted by molar-refractivity contribution is 7.80. The first-order chi connectivity index (χ1) is 15.0. The van der Waals surface area contributed by atoms with Crippen molar-refractivity contribution in [3.05, 3.63) is 24.0 Å². The van der Waals surface area contributed by atoms with Crippen LogP contribution < -0.4 is 15.1 Å². The number of thiocarbonyl (C=S) groups is 1. The van der Waals surface area contributed by atoms with Gasteiger partial charge in [-0.15, -0.1) is 0 Å². The molecule has 2 heterocycles. The van der Waals surface area contributed by atoms with E-state index in [0.717, 1.165) is 17.8 Å². The van der Waals surface area contributed by atoms with Gasteiger partial charge in [-0.25, -0.2) is 14.0 Å². The van der Waals surface area contributed by atoms with E-state index in [1.807, 2.05) is 4.90 Å². The highest BCUT2D eigenvalue weighted by Crippen LogP contribution is 2.29. The van der Waals surface area contributed by atoms with Gasteiger partial charge in [-0.3, -0.25) is 4.90 Å². The number of hydrogen-bond donors (Lipinski definition) is 1. The van der Waals surface area contributed by atoms with Gasteiger partial charge in [-0.2, -0.15) is 0 Å². The van der Waals surface area contributed by atoms with Gasteiger partial charge >= 0.3 is 12.2 Å². The minimum atomic E-state index is -0.486. The minimum absolute atomic E-state index is 0.334.